The average Bonchev–Trinajstić information content (AvgIpc) is 3.01. The number of halogens is 1. The summed E-state index contributed by atoms with van der Waals surface area (Å²) < 4.78 is 5.22. The maximum Gasteiger partial charge on any atom is 0.407 e. The standard InChI is InChI=1S/C34H43N5O6.ClH/c1-22-17-26(40)18-23(2)27(22)20-28(35)32(42)38-29(33(43)39-30(31(36)41)19-24-11-5-3-6-12-24)15-9-10-16-37-34(44)45-21-25-13-7-4-8-14-25;/h3-8,11-14,17-18,28-30,40H,9-10,15-16,19-21,35H2,1-2H3,(H2,36,41)(H,37,44)(H,38,42)(H,39,43);1H/t28-,29-,30-;/m0./s1. The number of nitrogens with two attached hydrogens (primary N) is 2. The minimum absolute atomic E-state index is 0. The SMILES string of the molecule is Cc1cc(O)cc(C)c1C[C@H](N)C(=O)N[C@@H](CCCCNC(=O)OCc1ccccc1)C(=O)N[C@@H](Cc1ccccc1)C(N)=O.Cl. The summed E-state index contributed by atoms with van der Waals surface area (Å²) in [5.41, 5.74) is 16.0. The van der Waals surface area contributed by atoms with E-state index in [2.05, 4.69) is 16.0 Å². The fourth-order valence-corrected chi connectivity index (χ4v) is 4.94. The Morgan fingerprint density at radius 2 is 1.37 bits per heavy atom. The quantitative estimate of drug-likeness (QED) is 0.128. The van der Waals surface area contributed by atoms with Crippen molar-refractivity contribution in [2.24, 2.45) is 11.5 Å². The van der Waals surface area contributed by atoms with E-state index in [9.17, 15) is 24.3 Å². The lowest BCUT2D eigenvalue weighted by molar-refractivity contribution is -0.131. The summed E-state index contributed by atoms with van der Waals surface area (Å²) in [4.78, 5) is 50.9. The molecule has 3 rings (SSSR count). The molecule has 0 unspecified atom stereocenters. The molecule has 0 heterocycles. The lowest BCUT2D eigenvalue weighted by atomic mass is 9.95. The Hall–Kier alpha value is -4.61. The van der Waals surface area contributed by atoms with Crippen molar-refractivity contribution < 1.29 is 29.0 Å². The molecule has 248 valence electrons. The Morgan fingerprint density at radius 1 is 0.804 bits per heavy atom. The molecule has 0 aliphatic carbocycles. The smallest absolute Gasteiger partial charge is 0.407 e. The zero-order valence-corrected chi connectivity index (χ0v) is 27.0. The van der Waals surface area contributed by atoms with Gasteiger partial charge in [-0.15, -0.1) is 12.4 Å². The third kappa shape index (κ3) is 12.4. The molecule has 0 aliphatic heterocycles. The maximum absolute atomic E-state index is 13.4. The first kappa shape index (κ1) is 37.6. The van der Waals surface area contributed by atoms with Gasteiger partial charge in [0.15, 0.2) is 0 Å². The molecule has 0 fully saturated rings. The highest BCUT2D eigenvalue weighted by atomic mass is 35.5. The number of hydrogen-bond acceptors (Lipinski definition) is 7. The van der Waals surface area contributed by atoms with Crippen LogP contribution in [0.1, 0.15) is 47.1 Å². The Bertz CT molecular complexity index is 1420. The van der Waals surface area contributed by atoms with Gasteiger partial charge in [-0.25, -0.2) is 4.79 Å². The first-order chi connectivity index (χ1) is 21.5. The van der Waals surface area contributed by atoms with Crippen LogP contribution < -0.4 is 27.4 Å². The highest BCUT2D eigenvalue weighted by molar-refractivity contribution is 5.92. The van der Waals surface area contributed by atoms with Crippen molar-refractivity contribution in [2.75, 3.05) is 6.54 Å². The van der Waals surface area contributed by atoms with Crippen molar-refractivity contribution in [1.29, 1.82) is 0 Å². The topological polar surface area (TPSA) is 186 Å². The Kier molecular flexibility index (Phi) is 15.5. The van der Waals surface area contributed by atoms with Crippen molar-refractivity contribution in [3.05, 3.63) is 101 Å². The largest absolute Gasteiger partial charge is 0.508 e. The molecular weight excluding hydrogens is 610 g/mol. The molecule has 0 aliphatic rings. The first-order valence-corrected chi connectivity index (χ1v) is 15.0. The molecule has 0 bridgehead atoms. The highest BCUT2D eigenvalue weighted by Crippen LogP contribution is 2.22. The summed E-state index contributed by atoms with van der Waals surface area (Å²) in [6, 6.07) is 18.7. The van der Waals surface area contributed by atoms with Gasteiger partial charge in [0.25, 0.3) is 0 Å². The van der Waals surface area contributed by atoms with Gasteiger partial charge in [0.2, 0.25) is 17.7 Å². The number of hydrogen-bond donors (Lipinski definition) is 6. The number of aryl methyl sites for hydroxylation is 2. The predicted octanol–water partition coefficient (Wildman–Crippen LogP) is 3.09. The molecule has 3 atom stereocenters. The van der Waals surface area contributed by atoms with E-state index in [-0.39, 0.29) is 44.0 Å². The van der Waals surface area contributed by atoms with E-state index in [0.29, 0.717) is 19.4 Å². The zero-order valence-electron chi connectivity index (χ0n) is 26.2. The van der Waals surface area contributed by atoms with Crippen LogP contribution in [0.3, 0.4) is 0 Å². The second-order valence-electron chi connectivity index (χ2n) is 11.1. The fraction of sp³-hybridized carbons (Fsp3) is 0.353. The molecule has 8 N–H and O–H groups in total. The van der Waals surface area contributed by atoms with Crippen LogP contribution in [0.2, 0.25) is 0 Å². The van der Waals surface area contributed by atoms with E-state index >= 15 is 0 Å². The Balaban J connectivity index is 0.00000736. The molecule has 3 aromatic rings. The number of unbranched alkanes of at least 4 members (excludes halogenated alkanes) is 1. The van der Waals surface area contributed by atoms with Crippen LogP contribution in [0.4, 0.5) is 4.79 Å². The number of amides is 4. The van der Waals surface area contributed by atoms with Gasteiger partial charge >= 0.3 is 6.09 Å². The van der Waals surface area contributed by atoms with Gasteiger partial charge < -0.3 is 37.3 Å². The lowest BCUT2D eigenvalue weighted by Gasteiger charge is -2.24. The second-order valence-corrected chi connectivity index (χ2v) is 11.1. The number of phenols is 1. The molecule has 46 heavy (non-hydrogen) atoms. The summed E-state index contributed by atoms with van der Waals surface area (Å²) in [6.07, 6.45) is 1.02. The number of alkyl carbamates (subject to hydrolysis) is 1. The third-order valence-electron chi connectivity index (χ3n) is 7.42. The third-order valence-corrected chi connectivity index (χ3v) is 7.42. The van der Waals surface area contributed by atoms with Gasteiger partial charge in [-0.2, -0.15) is 0 Å². The van der Waals surface area contributed by atoms with E-state index < -0.39 is 41.9 Å². The Labute approximate surface area is 275 Å². The van der Waals surface area contributed by atoms with Crippen LogP contribution in [0.25, 0.3) is 0 Å². The summed E-state index contributed by atoms with van der Waals surface area (Å²) in [5, 5.41) is 18.0. The predicted molar refractivity (Wildman–Crippen MR) is 178 cm³/mol. The number of benzene rings is 3. The molecule has 0 saturated heterocycles. The van der Waals surface area contributed by atoms with Crippen LogP contribution in [0.15, 0.2) is 72.8 Å². The summed E-state index contributed by atoms with van der Waals surface area (Å²) in [5.74, 6) is -1.68. The number of primary amides is 1. The maximum atomic E-state index is 13.4. The molecule has 0 saturated carbocycles. The Morgan fingerprint density at radius 3 is 1.96 bits per heavy atom. The number of carbonyl (C=O) groups excluding carboxylic acids is 4. The van der Waals surface area contributed by atoms with Crippen LogP contribution in [0.5, 0.6) is 5.75 Å². The molecule has 0 aromatic heterocycles. The summed E-state index contributed by atoms with van der Waals surface area (Å²) >= 11 is 0. The number of ether oxygens (including phenoxy) is 1. The molecule has 4 amide bonds. The molecular formula is C34H44ClN5O6. The number of rotatable bonds is 16. The van der Waals surface area contributed by atoms with Crippen LogP contribution in [0, 0.1) is 13.8 Å². The molecule has 3 aromatic carbocycles. The second kappa shape index (κ2) is 19.0. The van der Waals surface area contributed by atoms with E-state index in [4.69, 9.17) is 16.2 Å². The van der Waals surface area contributed by atoms with E-state index in [1.807, 2.05) is 74.5 Å². The van der Waals surface area contributed by atoms with Gasteiger partial charge in [0.1, 0.15) is 24.4 Å². The summed E-state index contributed by atoms with van der Waals surface area (Å²) in [6.45, 7) is 4.09. The monoisotopic (exact) mass is 653 g/mol. The molecule has 12 heteroatoms. The lowest BCUT2D eigenvalue weighted by Crippen LogP contribution is -2.56. The van der Waals surface area contributed by atoms with E-state index in [1.54, 1.807) is 12.1 Å². The van der Waals surface area contributed by atoms with Gasteiger partial charge in [-0.1, -0.05) is 60.7 Å². The van der Waals surface area contributed by atoms with Gasteiger partial charge in [-0.3, -0.25) is 14.4 Å². The minimum atomic E-state index is -1.01. The van der Waals surface area contributed by atoms with Crippen LogP contribution in [-0.2, 0) is 38.6 Å². The molecule has 0 spiro atoms. The summed E-state index contributed by atoms with van der Waals surface area (Å²) in [7, 11) is 0. The number of nitrogens with one attached hydrogen (secondary N) is 3. The number of carbonyl (C=O) groups is 4. The minimum Gasteiger partial charge on any atom is -0.508 e. The first-order valence-electron chi connectivity index (χ1n) is 15.0. The van der Waals surface area contributed by atoms with Gasteiger partial charge in [0, 0.05) is 13.0 Å². The fourth-order valence-electron chi connectivity index (χ4n) is 4.94. The van der Waals surface area contributed by atoms with Crippen LogP contribution >= 0.6 is 12.4 Å². The zero-order chi connectivity index (χ0) is 32.8. The number of phenolic OH excluding ortho intramolecular Hbond substituents is 1. The van der Waals surface area contributed by atoms with Crippen molar-refractivity contribution >= 4 is 36.2 Å². The van der Waals surface area contributed by atoms with Crippen molar-refractivity contribution in [2.45, 2.75) is 70.7 Å². The van der Waals surface area contributed by atoms with Crippen molar-refractivity contribution in [1.82, 2.24) is 16.0 Å². The average molecular weight is 654 g/mol. The van der Waals surface area contributed by atoms with Gasteiger partial charge in [-0.05, 0) is 79.5 Å². The van der Waals surface area contributed by atoms with Crippen molar-refractivity contribution in [3.63, 3.8) is 0 Å². The van der Waals surface area contributed by atoms with E-state index in [0.717, 1.165) is 27.8 Å². The van der Waals surface area contributed by atoms with Gasteiger partial charge in [0.05, 0.1) is 6.04 Å². The highest BCUT2D eigenvalue weighted by Gasteiger charge is 2.28. The normalized spacial score (nSPS) is 12.5. The van der Waals surface area contributed by atoms with E-state index in [1.165, 1.54) is 0 Å². The van der Waals surface area contributed by atoms with Crippen LogP contribution in [-0.4, -0.2) is 53.6 Å². The number of aromatic hydroxyl groups is 1. The molecule has 11 nitrogen and oxygen atoms in total. The van der Waals surface area contributed by atoms with Crippen molar-refractivity contribution in [3.8, 4) is 5.75 Å². The molecule has 0 radical (unpaired) electrons.